The topological polar surface area (TPSA) is 66.4 Å². The number of carbonyl (C=O) groups is 2. The molecule has 1 fully saturated rings. The van der Waals surface area contributed by atoms with Crippen LogP contribution < -0.4 is 5.32 Å². The Labute approximate surface area is 125 Å². The van der Waals surface area contributed by atoms with Crippen molar-refractivity contribution in [3.05, 3.63) is 29.3 Å². The summed E-state index contributed by atoms with van der Waals surface area (Å²) in [6, 6.07) is 2.35. The Morgan fingerprint density at radius 1 is 1.09 bits per heavy atom. The van der Waals surface area contributed by atoms with Crippen LogP contribution in [0.3, 0.4) is 0 Å². The van der Waals surface area contributed by atoms with Crippen molar-refractivity contribution in [1.82, 2.24) is 0 Å². The van der Waals surface area contributed by atoms with E-state index in [9.17, 15) is 22.8 Å². The highest BCUT2D eigenvalue weighted by atomic mass is 19.4. The molecule has 120 valence electrons. The molecule has 7 heteroatoms. The molecule has 1 aliphatic rings. The lowest BCUT2D eigenvalue weighted by molar-refractivity contribution is -0.137. The molecule has 0 aliphatic heterocycles. The van der Waals surface area contributed by atoms with Gasteiger partial charge in [-0.05, 0) is 31.0 Å². The summed E-state index contributed by atoms with van der Waals surface area (Å²) in [5, 5.41) is 11.3. The first kappa shape index (κ1) is 16.3. The minimum absolute atomic E-state index is 0.136. The molecule has 0 unspecified atom stereocenters. The zero-order valence-electron chi connectivity index (χ0n) is 11.7. The van der Waals surface area contributed by atoms with Crippen molar-refractivity contribution in [2.45, 2.75) is 38.3 Å². The second kappa shape index (κ2) is 6.37. The standard InChI is InChI=1S/C15H16F3NO3/c16-15(17,18)11-6-10(14(21)22)7-12(8-11)19-13(20)9-4-2-1-3-5-9/h6-9H,1-5H2,(H,19,20)(H,21,22). The molecular weight excluding hydrogens is 299 g/mol. The van der Waals surface area contributed by atoms with Crippen molar-refractivity contribution in [1.29, 1.82) is 0 Å². The van der Waals surface area contributed by atoms with Gasteiger partial charge in [0.2, 0.25) is 5.91 Å². The summed E-state index contributed by atoms with van der Waals surface area (Å²) >= 11 is 0. The maximum absolute atomic E-state index is 12.8. The van der Waals surface area contributed by atoms with Crippen molar-refractivity contribution in [2.75, 3.05) is 5.32 Å². The van der Waals surface area contributed by atoms with Crippen LogP contribution in [0.25, 0.3) is 0 Å². The predicted octanol–water partition coefficient (Wildman–Crippen LogP) is 3.92. The largest absolute Gasteiger partial charge is 0.478 e. The number of amides is 1. The second-order valence-corrected chi connectivity index (χ2v) is 5.43. The Balaban J connectivity index is 2.23. The third kappa shape index (κ3) is 3.99. The summed E-state index contributed by atoms with van der Waals surface area (Å²) in [4.78, 5) is 23.0. The normalized spacial score (nSPS) is 16.3. The molecule has 22 heavy (non-hydrogen) atoms. The molecule has 0 atom stereocenters. The zero-order valence-corrected chi connectivity index (χ0v) is 11.7. The summed E-state index contributed by atoms with van der Waals surface area (Å²) in [5.41, 5.74) is -1.73. The highest BCUT2D eigenvalue weighted by molar-refractivity contribution is 5.95. The summed E-state index contributed by atoms with van der Waals surface area (Å²) < 4.78 is 38.4. The highest BCUT2D eigenvalue weighted by Gasteiger charge is 2.32. The molecule has 0 aromatic heterocycles. The van der Waals surface area contributed by atoms with Gasteiger partial charge in [-0.15, -0.1) is 0 Å². The number of carboxylic acid groups (broad SMARTS) is 1. The monoisotopic (exact) mass is 315 g/mol. The third-order valence-corrected chi connectivity index (χ3v) is 3.75. The van der Waals surface area contributed by atoms with E-state index in [0.29, 0.717) is 18.9 Å². The van der Waals surface area contributed by atoms with E-state index in [0.717, 1.165) is 31.4 Å². The minimum Gasteiger partial charge on any atom is -0.478 e. The number of nitrogens with one attached hydrogen (secondary N) is 1. The van der Waals surface area contributed by atoms with E-state index in [1.807, 2.05) is 0 Å². The quantitative estimate of drug-likeness (QED) is 0.888. The molecule has 1 aromatic carbocycles. The molecule has 1 amide bonds. The predicted molar refractivity (Wildman–Crippen MR) is 73.6 cm³/mol. The first-order valence-electron chi connectivity index (χ1n) is 7.04. The Hall–Kier alpha value is -2.05. The molecule has 4 nitrogen and oxygen atoms in total. The van der Waals surface area contributed by atoms with Crippen LogP contribution in [0.4, 0.5) is 18.9 Å². The van der Waals surface area contributed by atoms with E-state index >= 15 is 0 Å². The van der Waals surface area contributed by atoms with Crippen molar-refractivity contribution in [2.24, 2.45) is 5.92 Å². The molecule has 1 aromatic rings. The molecule has 0 spiro atoms. The number of hydrogen-bond donors (Lipinski definition) is 2. The fraction of sp³-hybridized carbons (Fsp3) is 0.467. The summed E-state index contributed by atoms with van der Waals surface area (Å²) in [5.74, 6) is -2.05. The van der Waals surface area contributed by atoms with Crippen molar-refractivity contribution < 1.29 is 27.9 Å². The molecule has 1 saturated carbocycles. The molecule has 0 bridgehead atoms. The average molecular weight is 315 g/mol. The van der Waals surface area contributed by atoms with Crippen LogP contribution in [-0.2, 0) is 11.0 Å². The third-order valence-electron chi connectivity index (χ3n) is 3.75. The number of hydrogen-bond acceptors (Lipinski definition) is 2. The molecule has 0 heterocycles. The first-order valence-corrected chi connectivity index (χ1v) is 7.04. The Bertz CT molecular complexity index is 578. The summed E-state index contributed by atoms with van der Waals surface area (Å²) in [7, 11) is 0. The minimum atomic E-state index is -4.67. The van der Waals surface area contributed by atoms with Crippen LogP contribution in [0.2, 0.25) is 0 Å². The van der Waals surface area contributed by atoms with E-state index < -0.39 is 23.3 Å². The average Bonchev–Trinajstić information content (AvgIpc) is 2.46. The van der Waals surface area contributed by atoms with Crippen LogP contribution in [-0.4, -0.2) is 17.0 Å². The molecule has 2 rings (SSSR count). The van der Waals surface area contributed by atoms with Gasteiger partial charge in [0, 0.05) is 11.6 Å². The van der Waals surface area contributed by atoms with Crippen molar-refractivity contribution in [3.63, 3.8) is 0 Å². The maximum Gasteiger partial charge on any atom is 0.416 e. The number of carbonyl (C=O) groups excluding carboxylic acids is 1. The van der Waals surface area contributed by atoms with E-state index in [1.165, 1.54) is 0 Å². The molecule has 2 N–H and O–H groups in total. The van der Waals surface area contributed by atoms with E-state index in [2.05, 4.69) is 5.32 Å². The van der Waals surface area contributed by atoms with Crippen LogP contribution in [0.5, 0.6) is 0 Å². The highest BCUT2D eigenvalue weighted by Crippen LogP contribution is 2.32. The van der Waals surface area contributed by atoms with Crippen molar-refractivity contribution in [3.8, 4) is 0 Å². The van der Waals surface area contributed by atoms with Gasteiger partial charge in [-0.2, -0.15) is 13.2 Å². The Morgan fingerprint density at radius 2 is 1.73 bits per heavy atom. The van der Waals surface area contributed by atoms with Gasteiger partial charge in [-0.25, -0.2) is 4.79 Å². The lowest BCUT2D eigenvalue weighted by Crippen LogP contribution is -2.25. The molecule has 1 aliphatic carbocycles. The number of anilines is 1. The molecule has 0 radical (unpaired) electrons. The van der Waals surface area contributed by atoms with Crippen LogP contribution in [0.15, 0.2) is 18.2 Å². The number of carboxylic acids is 1. The molecule has 0 saturated heterocycles. The van der Waals surface area contributed by atoms with Gasteiger partial charge in [-0.1, -0.05) is 19.3 Å². The van der Waals surface area contributed by atoms with Crippen LogP contribution in [0.1, 0.15) is 48.0 Å². The van der Waals surface area contributed by atoms with Gasteiger partial charge in [0.15, 0.2) is 0 Å². The van der Waals surface area contributed by atoms with Gasteiger partial charge in [0.25, 0.3) is 0 Å². The molecular formula is C15H16F3NO3. The summed E-state index contributed by atoms with van der Waals surface area (Å²) in [6.45, 7) is 0. The maximum atomic E-state index is 12.8. The Kier molecular flexibility index (Phi) is 4.73. The van der Waals surface area contributed by atoms with Crippen molar-refractivity contribution >= 4 is 17.6 Å². The number of alkyl halides is 3. The Morgan fingerprint density at radius 3 is 2.27 bits per heavy atom. The van der Waals surface area contributed by atoms with Gasteiger partial charge >= 0.3 is 12.1 Å². The lowest BCUT2D eigenvalue weighted by Gasteiger charge is -2.21. The van der Waals surface area contributed by atoms with Crippen LogP contribution >= 0.6 is 0 Å². The summed E-state index contributed by atoms with van der Waals surface area (Å²) in [6.07, 6.45) is -0.373. The number of benzene rings is 1. The van der Waals surface area contributed by atoms with Crippen LogP contribution in [0, 0.1) is 5.92 Å². The first-order chi connectivity index (χ1) is 10.3. The van der Waals surface area contributed by atoms with Gasteiger partial charge in [0.05, 0.1) is 11.1 Å². The second-order valence-electron chi connectivity index (χ2n) is 5.43. The van der Waals surface area contributed by atoms with E-state index in [-0.39, 0.29) is 17.5 Å². The van der Waals surface area contributed by atoms with Gasteiger partial charge in [-0.3, -0.25) is 4.79 Å². The van der Waals surface area contributed by atoms with Gasteiger partial charge in [0.1, 0.15) is 0 Å². The number of aromatic carboxylic acids is 1. The van der Waals surface area contributed by atoms with Gasteiger partial charge < -0.3 is 10.4 Å². The smallest absolute Gasteiger partial charge is 0.416 e. The fourth-order valence-electron chi connectivity index (χ4n) is 2.60. The fourth-order valence-corrected chi connectivity index (χ4v) is 2.60. The SMILES string of the molecule is O=C(O)c1cc(NC(=O)C2CCCCC2)cc(C(F)(F)F)c1. The van der Waals surface area contributed by atoms with E-state index in [4.69, 9.17) is 5.11 Å². The lowest BCUT2D eigenvalue weighted by atomic mass is 9.88. The van der Waals surface area contributed by atoms with E-state index in [1.54, 1.807) is 0 Å². The number of halogens is 3. The zero-order chi connectivity index (χ0) is 16.3. The number of rotatable bonds is 3.